The monoisotopic (exact) mass is 314 g/mol. The first kappa shape index (κ1) is 20.9. The van der Waals surface area contributed by atoms with Gasteiger partial charge in [0, 0.05) is 6.42 Å². The zero-order valence-corrected chi connectivity index (χ0v) is 15.1. The van der Waals surface area contributed by atoms with Gasteiger partial charge in [-0.25, -0.2) is 0 Å². The average Bonchev–Trinajstić information content (AvgIpc) is 2.27. The van der Waals surface area contributed by atoms with Crippen LogP contribution in [0, 0.1) is 22.7 Å². The van der Waals surface area contributed by atoms with Gasteiger partial charge >= 0.3 is 11.9 Å². The van der Waals surface area contributed by atoms with E-state index >= 15 is 0 Å². The highest BCUT2D eigenvalue weighted by molar-refractivity contribution is 5.71. The number of hydrogen-bond acceptors (Lipinski definition) is 2. The van der Waals surface area contributed by atoms with Crippen LogP contribution >= 0.6 is 0 Å². The number of rotatable bonds is 9. The molecule has 0 rings (SSSR count). The van der Waals surface area contributed by atoms with Crippen molar-refractivity contribution in [2.24, 2.45) is 22.7 Å². The van der Waals surface area contributed by atoms with E-state index in [9.17, 15) is 14.7 Å². The minimum atomic E-state index is -0.744. The van der Waals surface area contributed by atoms with Crippen LogP contribution in [0.2, 0.25) is 0 Å². The lowest BCUT2D eigenvalue weighted by molar-refractivity contribution is -0.151. The molecule has 0 heterocycles. The fourth-order valence-corrected chi connectivity index (χ4v) is 3.24. The second-order valence-electron chi connectivity index (χ2n) is 8.50. The molecule has 4 heteroatoms. The molecule has 0 bridgehead atoms. The number of carbonyl (C=O) groups is 2. The third-order valence-corrected chi connectivity index (χ3v) is 4.37. The first-order valence-corrected chi connectivity index (χ1v) is 8.32. The van der Waals surface area contributed by atoms with Gasteiger partial charge in [0.15, 0.2) is 0 Å². The molecule has 2 N–H and O–H groups in total. The van der Waals surface area contributed by atoms with Crippen molar-refractivity contribution < 1.29 is 19.8 Å². The molecule has 0 aliphatic carbocycles. The fraction of sp³-hybridized carbons (Fsp3) is 0.889. The number of carboxylic acid groups (broad SMARTS) is 2. The number of aliphatic carboxylic acids is 2. The van der Waals surface area contributed by atoms with E-state index in [1.165, 1.54) is 0 Å². The maximum absolute atomic E-state index is 11.8. The summed E-state index contributed by atoms with van der Waals surface area (Å²) >= 11 is 0. The van der Waals surface area contributed by atoms with Crippen LogP contribution in [0.3, 0.4) is 0 Å². The summed E-state index contributed by atoms with van der Waals surface area (Å²) in [6, 6.07) is 0. The van der Waals surface area contributed by atoms with Crippen LogP contribution in [0.15, 0.2) is 0 Å². The lowest BCUT2D eigenvalue weighted by Gasteiger charge is -2.41. The fourth-order valence-electron chi connectivity index (χ4n) is 3.24. The molecule has 4 nitrogen and oxygen atoms in total. The van der Waals surface area contributed by atoms with E-state index in [0.29, 0.717) is 6.42 Å². The van der Waals surface area contributed by atoms with Crippen molar-refractivity contribution in [2.75, 3.05) is 0 Å². The summed E-state index contributed by atoms with van der Waals surface area (Å²) in [5, 5.41) is 18.3. The molecular weight excluding hydrogens is 280 g/mol. The molecule has 0 aromatic heterocycles. The first-order valence-electron chi connectivity index (χ1n) is 8.32. The van der Waals surface area contributed by atoms with Crippen LogP contribution in [0.5, 0.6) is 0 Å². The van der Waals surface area contributed by atoms with E-state index in [2.05, 4.69) is 20.8 Å². The predicted molar refractivity (Wildman–Crippen MR) is 88.9 cm³/mol. The van der Waals surface area contributed by atoms with E-state index in [4.69, 9.17) is 5.11 Å². The maximum atomic E-state index is 11.8. The van der Waals surface area contributed by atoms with Crippen LogP contribution in [-0.2, 0) is 9.59 Å². The van der Waals surface area contributed by atoms with Gasteiger partial charge in [0.05, 0.1) is 5.92 Å². The van der Waals surface area contributed by atoms with Crippen molar-refractivity contribution in [1.29, 1.82) is 0 Å². The van der Waals surface area contributed by atoms with Crippen LogP contribution in [0.4, 0.5) is 0 Å². The van der Waals surface area contributed by atoms with Crippen molar-refractivity contribution in [3.05, 3.63) is 0 Å². The van der Waals surface area contributed by atoms with Gasteiger partial charge < -0.3 is 10.2 Å². The molecule has 0 spiro atoms. The Balaban J connectivity index is 4.67. The van der Waals surface area contributed by atoms with Gasteiger partial charge in [-0.05, 0) is 29.6 Å². The van der Waals surface area contributed by atoms with Crippen molar-refractivity contribution in [3.63, 3.8) is 0 Å². The summed E-state index contributed by atoms with van der Waals surface area (Å²) in [7, 11) is 0. The Hall–Kier alpha value is -1.06. The molecular formula is C18H34O4. The molecule has 0 aliphatic heterocycles. The Bertz CT molecular complexity index is 360. The smallest absolute Gasteiger partial charge is 0.307 e. The minimum absolute atomic E-state index is 0.0581. The van der Waals surface area contributed by atoms with Gasteiger partial charge in [-0.15, -0.1) is 0 Å². The molecule has 0 saturated heterocycles. The summed E-state index contributed by atoms with van der Waals surface area (Å²) in [5.41, 5.74) is -0.329. The lowest BCUT2D eigenvalue weighted by atomic mass is 9.62. The Morgan fingerprint density at radius 1 is 0.818 bits per heavy atom. The standard InChI is InChI=1S/C18H34O4/c1-17(2,3)13(15(16(21)22)18(4,5)6)11-9-7-8-10-12-14(19)20/h13,15H,7-12H2,1-6H3,(H,19,20)(H,21,22). The maximum Gasteiger partial charge on any atom is 0.307 e. The van der Waals surface area contributed by atoms with Gasteiger partial charge in [0.1, 0.15) is 0 Å². The third kappa shape index (κ3) is 7.81. The summed E-state index contributed by atoms with van der Waals surface area (Å²) in [5.74, 6) is -1.71. The normalized spacial score (nSPS) is 15.4. The molecule has 0 fully saturated rings. The largest absolute Gasteiger partial charge is 0.481 e. The summed E-state index contributed by atoms with van der Waals surface area (Å²) in [4.78, 5) is 22.3. The van der Waals surface area contributed by atoms with Crippen molar-refractivity contribution in [1.82, 2.24) is 0 Å². The number of carboxylic acids is 2. The molecule has 0 aromatic rings. The van der Waals surface area contributed by atoms with Crippen molar-refractivity contribution in [3.8, 4) is 0 Å². The van der Waals surface area contributed by atoms with Gasteiger partial charge in [-0.2, -0.15) is 0 Å². The Morgan fingerprint density at radius 3 is 1.68 bits per heavy atom. The summed E-state index contributed by atoms with van der Waals surface area (Å²) < 4.78 is 0. The topological polar surface area (TPSA) is 74.6 Å². The second kappa shape index (κ2) is 8.54. The Labute approximate surface area is 135 Å². The molecule has 2 atom stereocenters. The molecule has 0 amide bonds. The number of unbranched alkanes of at least 4 members (excludes halogenated alkanes) is 3. The molecule has 130 valence electrons. The quantitative estimate of drug-likeness (QED) is 0.598. The van der Waals surface area contributed by atoms with E-state index in [0.717, 1.165) is 25.7 Å². The molecule has 0 aliphatic rings. The van der Waals surface area contributed by atoms with Crippen LogP contribution in [0.25, 0.3) is 0 Å². The van der Waals surface area contributed by atoms with Crippen LogP contribution < -0.4 is 0 Å². The Kier molecular flexibility index (Phi) is 8.13. The van der Waals surface area contributed by atoms with Gasteiger partial charge in [-0.3, -0.25) is 9.59 Å². The van der Waals surface area contributed by atoms with Gasteiger partial charge in [0.25, 0.3) is 0 Å². The van der Waals surface area contributed by atoms with E-state index in [1.807, 2.05) is 20.8 Å². The van der Waals surface area contributed by atoms with E-state index in [1.54, 1.807) is 0 Å². The summed E-state index contributed by atoms with van der Waals surface area (Å²) in [6.45, 7) is 12.3. The summed E-state index contributed by atoms with van der Waals surface area (Å²) in [6.07, 6.45) is 4.64. The van der Waals surface area contributed by atoms with E-state index < -0.39 is 11.9 Å². The zero-order chi connectivity index (χ0) is 17.6. The highest BCUT2D eigenvalue weighted by atomic mass is 16.4. The first-order chi connectivity index (χ1) is 9.87. The second-order valence-corrected chi connectivity index (χ2v) is 8.50. The third-order valence-electron chi connectivity index (χ3n) is 4.37. The molecule has 0 aromatic carbocycles. The Morgan fingerprint density at radius 2 is 1.32 bits per heavy atom. The predicted octanol–water partition coefficient (Wildman–Crippen LogP) is 4.82. The molecule has 0 saturated carbocycles. The minimum Gasteiger partial charge on any atom is -0.481 e. The van der Waals surface area contributed by atoms with Gasteiger partial charge in [0.2, 0.25) is 0 Å². The molecule has 22 heavy (non-hydrogen) atoms. The van der Waals surface area contributed by atoms with Crippen LogP contribution in [-0.4, -0.2) is 22.2 Å². The highest BCUT2D eigenvalue weighted by Crippen LogP contribution is 2.44. The average molecular weight is 314 g/mol. The molecule has 0 radical (unpaired) electrons. The van der Waals surface area contributed by atoms with Crippen molar-refractivity contribution in [2.45, 2.75) is 80.1 Å². The van der Waals surface area contributed by atoms with E-state index in [-0.39, 0.29) is 29.1 Å². The number of hydrogen-bond donors (Lipinski definition) is 2. The zero-order valence-electron chi connectivity index (χ0n) is 15.1. The van der Waals surface area contributed by atoms with Gasteiger partial charge in [-0.1, -0.05) is 60.8 Å². The molecule has 2 unspecified atom stereocenters. The lowest BCUT2D eigenvalue weighted by Crippen LogP contribution is -2.41. The highest BCUT2D eigenvalue weighted by Gasteiger charge is 2.42. The van der Waals surface area contributed by atoms with Crippen molar-refractivity contribution >= 4 is 11.9 Å². The van der Waals surface area contributed by atoms with Crippen LogP contribution in [0.1, 0.15) is 80.1 Å². The SMILES string of the molecule is CC(C)(C)C(CCCCCCC(=O)O)C(C(=O)O)C(C)(C)C.